The number of β-amino-alcohol motifs (C(OH)–C–C–N with tert-alkyl or cyclic N) is 1. The van der Waals surface area contributed by atoms with Gasteiger partial charge in [0.1, 0.15) is 0 Å². The fraction of sp³-hybridized carbons (Fsp3) is 1.00. The molecule has 5 nitrogen and oxygen atoms in total. The molecule has 0 bridgehead atoms. The molecule has 0 aromatic carbocycles. The highest BCUT2D eigenvalue weighted by atomic mass is 32.2. The maximum absolute atomic E-state index is 11.7. The van der Waals surface area contributed by atoms with Crippen molar-refractivity contribution in [3.63, 3.8) is 0 Å². The van der Waals surface area contributed by atoms with Crippen LogP contribution in [0, 0.1) is 5.92 Å². The summed E-state index contributed by atoms with van der Waals surface area (Å²) in [5, 5.41) is 9.29. The predicted molar refractivity (Wildman–Crippen MR) is 77.5 cm³/mol. The van der Waals surface area contributed by atoms with Gasteiger partial charge < -0.3 is 10.0 Å². The first kappa shape index (κ1) is 16.9. The van der Waals surface area contributed by atoms with Crippen LogP contribution in [0.1, 0.15) is 40.0 Å². The molecule has 0 unspecified atom stereocenters. The van der Waals surface area contributed by atoms with E-state index in [1.807, 2.05) is 6.92 Å². The highest BCUT2D eigenvalue weighted by Crippen LogP contribution is 2.16. The summed E-state index contributed by atoms with van der Waals surface area (Å²) >= 11 is 0. The average molecular weight is 292 g/mol. The molecule has 0 spiro atoms. The van der Waals surface area contributed by atoms with Gasteiger partial charge in [-0.25, -0.2) is 13.1 Å². The number of nitrogens with one attached hydrogen (secondary N) is 1. The highest BCUT2D eigenvalue weighted by molar-refractivity contribution is 7.90. The molecular weight excluding hydrogens is 264 g/mol. The van der Waals surface area contributed by atoms with E-state index in [-0.39, 0.29) is 11.4 Å². The van der Waals surface area contributed by atoms with Crippen LogP contribution in [0.5, 0.6) is 0 Å². The Hall–Kier alpha value is -0.170. The van der Waals surface area contributed by atoms with Gasteiger partial charge in [-0.2, -0.15) is 0 Å². The van der Waals surface area contributed by atoms with Crippen molar-refractivity contribution in [2.24, 2.45) is 5.92 Å². The zero-order valence-electron chi connectivity index (χ0n) is 12.3. The number of rotatable bonds is 7. The van der Waals surface area contributed by atoms with E-state index < -0.39 is 10.0 Å². The molecule has 1 aliphatic rings. The highest BCUT2D eigenvalue weighted by Gasteiger charge is 2.23. The predicted octanol–water partition coefficient (Wildman–Crippen LogP) is 0.797. The van der Waals surface area contributed by atoms with Crippen LogP contribution in [-0.2, 0) is 10.0 Å². The molecule has 1 rings (SSSR count). The minimum atomic E-state index is -3.16. The Morgan fingerprint density at radius 2 is 2.11 bits per heavy atom. The normalized spacial score (nSPS) is 23.7. The smallest absolute Gasteiger partial charge is 0.213 e. The fourth-order valence-corrected chi connectivity index (χ4v) is 3.11. The SMILES string of the molecule is CC[C@@H](O)CN1CCC[C@H](CNS(=O)(=O)C(C)C)C1. The lowest BCUT2D eigenvalue weighted by molar-refractivity contribution is 0.0829. The molecule has 2 atom stereocenters. The average Bonchev–Trinajstić information content (AvgIpc) is 2.36. The minimum Gasteiger partial charge on any atom is -0.392 e. The number of hydrogen-bond acceptors (Lipinski definition) is 4. The van der Waals surface area contributed by atoms with Crippen LogP contribution in [0.2, 0.25) is 0 Å². The van der Waals surface area contributed by atoms with Gasteiger partial charge in [0.25, 0.3) is 0 Å². The van der Waals surface area contributed by atoms with Gasteiger partial charge in [-0.3, -0.25) is 0 Å². The Balaban J connectivity index is 2.39. The van der Waals surface area contributed by atoms with E-state index >= 15 is 0 Å². The van der Waals surface area contributed by atoms with Crippen molar-refractivity contribution >= 4 is 10.0 Å². The van der Waals surface area contributed by atoms with Crippen molar-refractivity contribution in [2.45, 2.75) is 51.4 Å². The van der Waals surface area contributed by atoms with Crippen molar-refractivity contribution in [3.8, 4) is 0 Å². The third kappa shape index (κ3) is 5.77. The van der Waals surface area contributed by atoms with Gasteiger partial charge in [-0.15, -0.1) is 0 Å². The summed E-state index contributed by atoms with van der Waals surface area (Å²) < 4.78 is 26.1. The maximum atomic E-state index is 11.7. The van der Waals surface area contributed by atoms with Crippen LogP contribution in [0.4, 0.5) is 0 Å². The molecule has 0 saturated carbocycles. The summed E-state index contributed by atoms with van der Waals surface area (Å²) in [6, 6.07) is 0. The van der Waals surface area contributed by atoms with E-state index in [1.54, 1.807) is 13.8 Å². The molecule has 2 N–H and O–H groups in total. The maximum Gasteiger partial charge on any atom is 0.213 e. The molecule has 6 heteroatoms. The summed E-state index contributed by atoms with van der Waals surface area (Å²) in [7, 11) is -3.16. The van der Waals surface area contributed by atoms with Crippen LogP contribution in [-0.4, -0.2) is 56.0 Å². The molecule has 1 heterocycles. The number of nitrogens with zero attached hydrogens (tertiary/aromatic N) is 1. The first-order chi connectivity index (χ1) is 8.85. The van der Waals surface area contributed by atoms with E-state index in [0.717, 1.165) is 32.4 Å². The van der Waals surface area contributed by atoms with Gasteiger partial charge in [0.2, 0.25) is 10.0 Å². The van der Waals surface area contributed by atoms with Gasteiger partial charge in [0, 0.05) is 19.6 Å². The summed E-state index contributed by atoms with van der Waals surface area (Å²) in [5.41, 5.74) is 0. The summed E-state index contributed by atoms with van der Waals surface area (Å²) in [4.78, 5) is 2.24. The second-order valence-corrected chi connectivity index (χ2v) is 8.09. The molecule has 114 valence electrons. The second-order valence-electron chi connectivity index (χ2n) is 5.77. The lowest BCUT2D eigenvalue weighted by Gasteiger charge is -2.34. The van der Waals surface area contributed by atoms with Gasteiger partial charge in [-0.05, 0) is 45.6 Å². The number of sulfonamides is 1. The van der Waals surface area contributed by atoms with Gasteiger partial charge in [0.05, 0.1) is 11.4 Å². The standard InChI is InChI=1S/C13H28N2O3S/c1-4-13(16)10-15-7-5-6-12(9-15)8-14-19(17,18)11(2)3/h11-14,16H,4-10H2,1-3H3/t12-,13-/m1/s1. The van der Waals surface area contributed by atoms with Crippen molar-refractivity contribution < 1.29 is 13.5 Å². The summed E-state index contributed by atoms with van der Waals surface area (Å²) in [6.07, 6.45) is 2.62. The zero-order valence-corrected chi connectivity index (χ0v) is 13.1. The molecule has 0 aliphatic carbocycles. The van der Waals surface area contributed by atoms with Gasteiger partial charge in [0.15, 0.2) is 0 Å². The van der Waals surface area contributed by atoms with E-state index in [4.69, 9.17) is 0 Å². The van der Waals surface area contributed by atoms with Gasteiger partial charge >= 0.3 is 0 Å². The molecule has 1 aliphatic heterocycles. The Morgan fingerprint density at radius 3 is 2.68 bits per heavy atom. The number of likely N-dealkylation sites (tertiary alicyclic amines) is 1. The van der Waals surface area contributed by atoms with Crippen LogP contribution in [0.25, 0.3) is 0 Å². The molecule has 1 saturated heterocycles. The fourth-order valence-electron chi connectivity index (χ4n) is 2.31. The van der Waals surface area contributed by atoms with E-state index in [0.29, 0.717) is 19.0 Å². The third-order valence-corrected chi connectivity index (χ3v) is 5.55. The van der Waals surface area contributed by atoms with E-state index in [1.165, 1.54) is 0 Å². The Morgan fingerprint density at radius 1 is 1.42 bits per heavy atom. The van der Waals surface area contributed by atoms with Crippen molar-refractivity contribution in [2.75, 3.05) is 26.2 Å². The summed E-state index contributed by atoms with van der Waals surface area (Å²) in [5.74, 6) is 0.353. The Kier molecular flexibility index (Phi) is 6.73. The number of aliphatic hydroxyl groups is 1. The largest absolute Gasteiger partial charge is 0.392 e. The molecule has 1 fully saturated rings. The number of aliphatic hydroxyl groups excluding tert-OH is 1. The monoisotopic (exact) mass is 292 g/mol. The quantitative estimate of drug-likeness (QED) is 0.728. The second kappa shape index (κ2) is 7.57. The Bertz CT molecular complexity index is 357. The zero-order chi connectivity index (χ0) is 14.5. The van der Waals surface area contributed by atoms with Crippen LogP contribution in [0.15, 0.2) is 0 Å². The van der Waals surface area contributed by atoms with Crippen LogP contribution in [0.3, 0.4) is 0 Å². The minimum absolute atomic E-state index is 0.272. The molecule has 19 heavy (non-hydrogen) atoms. The van der Waals surface area contributed by atoms with E-state index in [9.17, 15) is 13.5 Å². The Labute approximate surface area is 117 Å². The van der Waals surface area contributed by atoms with Crippen LogP contribution < -0.4 is 4.72 Å². The third-order valence-electron chi connectivity index (χ3n) is 3.74. The molecule has 0 amide bonds. The molecule has 0 aromatic heterocycles. The first-order valence-corrected chi connectivity index (χ1v) is 8.78. The van der Waals surface area contributed by atoms with E-state index in [2.05, 4.69) is 9.62 Å². The summed E-state index contributed by atoms with van der Waals surface area (Å²) in [6.45, 7) is 8.44. The van der Waals surface area contributed by atoms with Gasteiger partial charge in [-0.1, -0.05) is 6.92 Å². The molecule has 0 radical (unpaired) electrons. The molecule has 0 aromatic rings. The first-order valence-electron chi connectivity index (χ1n) is 7.24. The lowest BCUT2D eigenvalue weighted by Crippen LogP contribution is -2.44. The van der Waals surface area contributed by atoms with Crippen molar-refractivity contribution in [3.05, 3.63) is 0 Å². The van der Waals surface area contributed by atoms with Crippen LogP contribution >= 0.6 is 0 Å². The van der Waals surface area contributed by atoms with Crippen molar-refractivity contribution in [1.29, 1.82) is 0 Å². The number of hydrogen-bond donors (Lipinski definition) is 2. The molecular formula is C13H28N2O3S. The topological polar surface area (TPSA) is 69.6 Å². The number of piperidine rings is 1. The van der Waals surface area contributed by atoms with Crippen molar-refractivity contribution in [1.82, 2.24) is 9.62 Å². The lowest BCUT2D eigenvalue weighted by atomic mass is 9.98.